The van der Waals surface area contributed by atoms with E-state index in [-0.39, 0.29) is 0 Å². The molecular formula is C11H20N2O. The van der Waals surface area contributed by atoms with Crippen LogP contribution in [0.3, 0.4) is 0 Å². The van der Waals surface area contributed by atoms with Gasteiger partial charge in [0, 0.05) is 24.6 Å². The van der Waals surface area contributed by atoms with E-state index in [1.54, 1.807) is 0 Å². The summed E-state index contributed by atoms with van der Waals surface area (Å²) in [6.45, 7) is 9.34. The molecule has 0 aliphatic heterocycles. The minimum absolute atomic E-state index is 0.468. The van der Waals surface area contributed by atoms with E-state index in [9.17, 15) is 0 Å². The minimum Gasteiger partial charge on any atom is -0.361 e. The first kappa shape index (κ1) is 11.2. The lowest BCUT2D eigenvalue weighted by atomic mass is 10.1. The van der Waals surface area contributed by atoms with Crippen LogP contribution < -0.4 is 5.32 Å². The van der Waals surface area contributed by atoms with Gasteiger partial charge in [0.25, 0.3) is 0 Å². The average molecular weight is 196 g/mol. The zero-order valence-electron chi connectivity index (χ0n) is 9.50. The lowest BCUT2D eigenvalue weighted by Gasteiger charge is -2.04. The molecule has 1 rings (SSSR count). The van der Waals surface area contributed by atoms with Crippen LogP contribution in [-0.2, 0) is 6.54 Å². The summed E-state index contributed by atoms with van der Waals surface area (Å²) >= 11 is 0. The van der Waals surface area contributed by atoms with Crippen LogP contribution in [0.5, 0.6) is 0 Å². The highest BCUT2D eigenvalue weighted by atomic mass is 16.5. The zero-order valence-corrected chi connectivity index (χ0v) is 9.50. The molecule has 0 aromatic carbocycles. The molecule has 0 amide bonds. The largest absolute Gasteiger partial charge is 0.361 e. The number of aromatic nitrogens is 1. The Morgan fingerprint density at radius 2 is 2.14 bits per heavy atom. The fourth-order valence-electron chi connectivity index (χ4n) is 1.15. The van der Waals surface area contributed by atoms with Crippen LogP contribution in [-0.4, -0.2) is 11.2 Å². The Hall–Kier alpha value is -0.830. The van der Waals surface area contributed by atoms with Crippen LogP contribution in [0.25, 0.3) is 0 Å². The third-order valence-corrected chi connectivity index (χ3v) is 2.37. The van der Waals surface area contributed by atoms with Crippen molar-refractivity contribution in [2.24, 2.45) is 0 Å². The summed E-state index contributed by atoms with van der Waals surface area (Å²) in [4.78, 5) is 0. The Kier molecular flexibility index (Phi) is 4.14. The third kappa shape index (κ3) is 3.14. The highest BCUT2D eigenvalue weighted by Gasteiger charge is 2.09. The molecule has 3 nitrogen and oxygen atoms in total. The number of hydrogen-bond acceptors (Lipinski definition) is 3. The topological polar surface area (TPSA) is 38.1 Å². The lowest BCUT2D eigenvalue weighted by Crippen LogP contribution is -2.21. The second-order valence-corrected chi connectivity index (χ2v) is 4.07. The predicted octanol–water partition coefficient (Wildman–Crippen LogP) is 2.69. The van der Waals surface area contributed by atoms with Gasteiger partial charge in [0.15, 0.2) is 0 Å². The average Bonchev–Trinajstić information content (AvgIpc) is 2.62. The molecule has 3 heteroatoms. The summed E-state index contributed by atoms with van der Waals surface area (Å²) in [5, 5.41) is 7.33. The fourth-order valence-corrected chi connectivity index (χ4v) is 1.15. The molecule has 0 aliphatic rings. The molecule has 1 heterocycles. The van der Waals surface area contributed by atoms with Gasteiger partial charge in [-0.1, -0.05) is 32.9 Å². The van der Waals surface area contributed by atoms with Gasteiger partial charge in [-0.3, -0.25) is 0 Å². The van der Waals surface area contributed by atoms with Gasteiger partial charge in [-0.2, -0.15) is 0 Å². The Bertz CT molecular complexity index is 268. The Labute approximate surface area is 85.9 Å². The van der Waals surface area contributed by atoms with Crippen LogP contribution in [0, 0.1) is 0 Å². The highest BCUT2D eigenvalue weighted by Crippen LogP contribution is 2.18. The van der Waals surface area contributed by atoms with Crippen molar-refractivity contribution in [1.82, 2.24) is 10.5 Å². The van der Waals surface area contributed by atoms with E-state index < -0.39 is 0 Å². The van der Waals surface area contributed by atoms with E-state index in [0.717, 1.165) is 24.4 Å². The van der Waals surface area contributed by atoms with Crippen molar-refractivity contribution < 1.29 is 4.52 Å². The maximum Gasteiger partial charge on any atom is 0.139 e. The molecule has 1 aromatic heterocycles. The number of nitrogens with zero attached hydrogens (tertiary/aromatic N) is 1. The predicted molar refractivity (Wildman–Crippen MR) is 57.2 cm³/mol. The van der Waals surface area contributed by atoms with Gasteiger partial charge in [-0.15, -0.1) is 0 Å². The SMILES string of the molecule is CCC(C)c1cc(CNC(C)C)no1. The van der Waals surface area contributed by atoms with Gasteiger partial charge in [0.1, 0.15) is 5.76 Å². The van der Waals surface area contributed by atoms with Crippen LogP contribution in [0.4, 0.5) is 0 Å². The van der Waals surface area contributed by atoms with Gasteiger partial charge in [0.2, 0.25) is 0 Å². The minimum atomic E-state index is 0.468. The van der Waals surface area contributed by atoms with Crippen molar-refractivity contribution in [2.75, 3.05) is 0 Å². The molecule has 1 aromatic rings. The summed E-state index contributed by atoms with van der Waals surface area (Å²) in [6.07, 6.45) is 1.09. The summed E-state index contributed by atoms with van der Waals surface area (Å²) in [5.74, 6) is 1.46. The first-order chi connectivity index (χ1) is 6.63. The Balaban J connectivity index is 2.50. The first-order valence-corrected chi connectivity index (χ1v) is 5.32. The van der Waals surface area contributed by atoms with E-state index >= 15 is 0 Å². The van der Waals surface area contributed by atoms with E-state index in [1.165, 1.54) is 0 Å². The second kappa shape index (κ2) is 5.15. The van der Waals surface area contributed by atoms with E-state index in [0.29, 0.717) is 12.0 Å². The number of hydrogen-bond donors (Lipinski definition) is 1. The number of nitrogens with one attached hydrogen (secondary N) is 1. The third-order valence-electron chi connectivity index (χ3n) is 2.37. The molecular weight excluding hydrogens is 176 g/mol. The Morgan fingerprint density at radius 1 is 1.43 bits per heavy atom. The maximum absolute atomic E-state index is 5.26. The van der Waals surface area contributed by atoms with Crippen LogP contribution in [0.15, 0.2) is 10.6 Å². The van der Waals surface area contributed by atoms with Crippen molar-refractivity contribution in [1.29, 1.82) is 0 Å². The summed E-state index contributed by atoms with van der Waals surface area (Å²) in [5.41, 5.74) is 0.994. The standard InChI is InChI=1S/C11H20N2O/c1-5-9(4)11-6-10(13-14-11)7-12-8(2)3/h6,8-9,12H,5,7H2,1-4H3. The van der Waals surface area contributed by atoms with Crippen molar-refractivity contribution in [2.45, 2.75) is 52.6 Å². The van der Waals surface area contributed by atoms with Crippen LogP contribution in [0.1, 0.15) is 51.5 Å². The molecule has 0 aliphatic carbocycles. The van der Waals surface area contributed by atoms with E-state index in [1.807, 2.05) is 6.07 Å². The maximum atomic E-state index is 5.26. The van der Waals surface area contributed by atoms with E-state index in [4.69, 9.17) is 4.52 Å². The number of rotatable bonds is 5. The van der Waals surface area contributed by atoms with Crippen molar-refractivity contribution in [3.05, 3.63) is 17.5 Å². The highest BCUT2D eigenvalue weighted by molar-refractivity contribution is 5.08. The molecule has 0 spiro atoms. The molecule has 0 saturated carbocycles. The summed E-state index contributed by atoms with van der Waals surface area (Å²) < 4.78 is 5.26. The van der Waals surface area contributed by atoms with Gasteiger partial charge in [-0.05, 0) is 6.42 Å². The smallest absolute Gasteiger partial charge is 0.139 e. The van der Waals surface area contributed by atoms with E-state index in [2.05, 4.69) is 38.2 Å². The van der Waals surface area contributed by atoms with Crippen molar-refractivity contribution in [3.63, 3.8) is 0 Å². The first-order valence-electron chi connectivity index (χ1n) is 5.32. The Morgan fingerprint density at radius 3 is 2.71 bits per heavy atom. The quantitative estimate of drug-likeness (QED) is 0.786. The molecule has 1 atom stereocenters. The molecule has 1 N–H and O–H groups in total. The molecule has 1 unspecified atom stereocenters. The molecule has 0 radical (unpaired) electrons. The summed E-state index contributed by atoms with van der Waals surface area (Å²) in [6, 6.07) is 2.53. The van der Waals surface area contributed by atoms with Crippen LogP contribution >= 0.6 is 0 Å². The fraction of sp³-hybridized carbons (Fsp3) is 0.727. The zero-order chi connectivity index (χ0) is 10.6. The molecule has 0 bridgehead atoms. The monoisotopic (exact) mass is 196 g/mol. The normalized spacial score (nSPS) is 13.5. The van der Waals surface area contributed by atoms with Crippen molar-refractivity contribution >= 4 is 0 Å². The molecule has 80 valence electrons. The van der Waals surface area contributed by atoms with Crippen LogP contribution in [0.2, 0.25) is 0 Å². The summed E-state index contributed by atoms with van der Waals surface area (Å²) in [7, 11) is 0. The van der Waals surface area contributed by atoms with Gasteiger partial charge in [0.05, 0.1) is 5.69 Å². The lowest BCUT2D eigenvalue weighted by molar-refractivity contribution is 0.356. The van der Waals surface area contributed by atoms with Crippen molar-refractivity contribution in [3.8, 4) is 0 Å². The van der Waals surface area contributed by atoms with Gasteiger partial charge >= 0.3 is 0 Å². The molecule has 0 saturated heterocycles. The second-order valence-electron chi connectivity index (χ2n) is 4.07. The molecule has 0 fully saturated rings. The van der Waals surface area contributed by atoms with Gasteiger partial charge < -0.3 is 9.84 Å². The van der Waals surface area contributed by atoms with Gasteiger partial charge in [-0.25, -0.2) is 0 Å². The molecule has 14 heavy (non-hydrogen) atoms.